The topological polar surface area (TPSA) is 362 Å². The summed E-state index contributed by atoms with van der Waals surface area (Å²) in [6.45, 7) is 0. The van der Waals surface area contributed by atoms with Gasteiger partial charge in [0, 0.05) is 72.7 Å². The van der Waals surface area contributed by atoms with Crippen LogP contribution in [-0.4, -0.2) is 35.5 Å². The first-order chi connectivity index (χ1) is 12.8. The van der Waals surface area contributed by atoms with E-state index < -0.39 is 39.1 Å². The van der Waals surface area contributed by atoms with Crippen molar-refractivity contribution in [3.63, 3.8) is 0 Å². The third kappa shape index (κ3) is 107. The molecular weight excluding hydrogens is 637 g/mol. The van der Waals surface area contributed by atoms with E-state index in [-0.39, 0.29) is 37.1 Å². The predicted molar refractivity (Wildman–Crippen MR) is 73.1 cm³/mol. The van der Waals surface area contributed by atoms with Crippen molar-refractivity contribution in [2.24, 2.45) is 0 Å². The summed E-state index contributed by atoms with van der Waals surface area (Å²) in [5.41, 5.74) is 0. The van der Waals surface area contributed by atoms with Gasteiger partial charge in [0.2, 0.25) is 0 Å². The summed E-state index contributed by atoms with van der Waals surface area (Å²) in [6, 6.07) is 0. The van der Waals surface area contributed by atoms with Gasteiger partial charge in [0.15, 0.2) is 0 Å². The Morgan fingerprint density at radius 2 is 0.375 bits per heavy atom. The maximum Gasteiger partial charge on any atom is 0.0592 e. The van der Waals surface area contributed by atoms with Crippen LogP contribution in [0.15, 0.2) is 0 Å². The average molecular weight is 652 g/mol. The molecule has 0 saturated carbocycles. The van der Waals surface area contributed by atoms with Gasteiger partial charge in [-0.25, -0.2) is 0 Å². The minimum absolute atomic E-state index is 0. The molecule has 32 heavy (non-hydrogen) atoms. The quantitative estimate of drug-likeness (QED) is 0.249. The van der Waals surface area contributed by atoms with E-state index in [0.29, 0.717) is 0 Å². The van der Waals surface area contributed by atoms with Crippen molar-refractivity contribution in [2.45, 2.75) is 0 Å². The minimum Gasteiger partial charge on any atom is -0.790 e. The van der Waals surface area contributed by atoms with Crippen molar-refractivity contribution in [3.05, 3.63) is 0 Å². The van der Waals surface area contributed by atoms with E-state index in [1.165, 1.54) is 0 Å². The van der Waals surface area contributed by atoms with E-state index in [1.54, 1.807) is 0 Å². The average Bonchev–Trinajstić information content (AvgIpc) is 2.54. The molecule has 27 heteroatoms. The Hall–Kier alpha value is 1.72. The van der Waals surface area contributed by atoms with Crippen molar-refractivity contribution >= 4 is 39.1 Å². The van der Waals surface area contributed by atoms with Crippen LogP contribution >= 0.6 is 39.1 Å². The summed E-state index contributed by atoms with van der Waals surface area (Å²) in [4.78, 5) is 92.5. The van der Waals surface area contributed by atoms with Gasteiger partial charge in [0.05, 0.1) is 39.1 Å². The normalized spacial score (nSPS) is 11.1. The first-order valence-electron chi connectivity index (χ1n) is 5.69. The fraction of sp³-hybridized carbons (Fsp3) is 1.00. The minimum atomic E-state index is -4.65. The zero-order valence-corrected chi connectivity index (χ0v) is 23.6. The Bertz CT molecular complexity index is 497. The molecule has 0 rings (SSSR count). The standard InChI is InChI=1S/5CH5O4P.2V/c5*1-5-6(2,3)4;;/h5*1H3,(H2,2,3,4);;/p-10. The SMILES string of the molecule is COP(=O)([O-])[O-].COP(=O)([O-])[O-].COP(=O)([O-])[O-].COP(=O)([O-])[O-].COP(=O)([O-])[O-].[V].[V]. The molecule has 0 saturated heterocycles. The largest absolute Gasteiger partial charge is 0.790 e. The van der Waals surface area contributed by atoms with Gasteiger partial charge in [-0.05, 0) is 0 Å². The van der Waals surface area contributed by atoms with Crippen LogP contribution in [0.1, 0.15) is 0 Å². The number of phosphoric ester groups is 5. The first-order valence-corrected chi connectivity index (χ1v) is 13.0. The molecule has 0 aliphatic carbocycles. The third-order valence-electron chi connectivity index (χ3n) is 1.12. The molecule has 0 atom stereocenters. The monoisotopic (exact) mass is 652 g/mol. The van der Waals surface area contributed by atoms with Gasteiger partial charge in [0.25, 0.3) is 0 Å². The molecule has 2 radical (unpaired) electrons. The van der Waals surface area contributed by atoms with Gasteiger partial charge in [-0.3, -0.25) is 0 Å². The van der Waals surface area contributed by atoms with E-state index in [0.717, 1.165) is 35.5 Å². The van der Waals surface area contributed by atoms with Crippen LogP contribution < -0.4 is 48.9 Å². The van der Waals surface area contributed by atoms with Crippen LogP contribution in [-0.2, 0) is 82.6 Å². The number of hydrogen-bond acceptors (Lipinski definition) is 20. The molecule has 0 aromatic carbocycles. The van der Waals surface area contributed by atoms with Crippen LogP contribution in [0.5, 0.6) is 0 Å². The van der Waals surface area contributed by atoms with Crippen molar-refractivity contribution in [1.82, 2.24) is 0 Å². The molecule has 200 valence electrons. The summed E-state index contributed by atoms with van der Waals surface area (Å²) < 4.78 is 63.2. The Morgan fingerprint density at radius 3 is 0.375 bits per heavy atom. The van der Waals surface area contributed by atoms with Crippen LogP contribution in [0.3, 0.4) is 0 Å². The molecular formula is C5H15O20P5V2-10. The summed E-state index contributed by atoms with van der Waals surface area (Å²) in [5, 5.41) is 0. The summed E-state index contributed by atoms with van der Waals surface area (Å²) >= 11 is 0. The second kappa shape index (κ2) is 24.4. The molecule has 0 fully saturated rings. The summed E-state index contributed by atoms with van der Waals surface area (Å²) in [7, 11) is -19.1. The molecule has 0 aliphatic heterocycles. The molecule has 0 amide bonds. The molecule has 0 aromatic rings. The molecule has 0 aliphatic rings. The second-order valence-corrected chi connectivity index (χ2v) is 9.45. The van der Waals surface area contributed by atoms with Crippen LogP contribution in [0, 0.1) is 0 Å². The zero-order valence-electron chi connectivity index (χ0n) is 16.3. The molecule has 20 nitrogen and oxygen atoms in total. The predicted octanol–water partition coefficient (Wildman–Crippen LogP) is -7.70. The maximum absolute atomic E-state index is 9.25. The van der Waals surface area contributed by atoms with Crippen molar-refractivity contribution in [3.8, 4) is 0 Å². The van der Waals surface area contributed by atoms with Crippen molar-refractivity contribution in [1.29, 1.82) is 0 Å². The van der Waals surface area contributed by atoms with Crippen LogP contribution in [0.2, 0.25) is 0 Å². The molecule has 0 aromatic heterocycles. The summed E-state index contributed by atoms with van der Waals surface area (Å²) in [5.74, 6) is 0. The number of rotatable bonds is 5. The summed E-state index contributed by atoms with van der Waals surface area (Å²) in [6.07, 6.45) is 0. The van der Waals surface area contributed by atoms with Gasteiger partial charge in [-0.2, -0.15) is 0 Å². The molecule has 0 bridgehead atoms. The third-order valence-corrected chi connectivity index (χ3v) is 3.35. The Kier molecular flexibility index (Phi) is 38.6. The van der Waals surface area contributed by atoms with Gasteiger partial charge < -0.3 is 94.4 Å². The Balaban J connectivity index is -0.0000000481. The van der Waals surface area contributed by atoms with Crippen molar-refractivity contribution < 1.29 is 131 Å². The molecule has 0 heterocycles. The van der Waals surface area contributed by atoms with Gasteiger partial charge in [0.1, 0.15) is 0 Å². The second-order valence-electron chi connectivity index (χ2n) is 3.15. The fourth-order valence-corrected chi connectivity index (χ4v) is 0. The van der Waals surface area contributed by atoms with E-state index in [2.05, 4.69) is 22.6 Å². The van der Waals surface area contributed by atoms with Crippen LogP contribution in [0.25, 0.3) is 0 Å². The fourth-order valence-electron chi connectivity index (χ4n) is 0. The smallest absolute Gasteiger partial charge is 0.0592 e. The van der Waals surface area contributed by atoms with Crippen LogP contribution in [0.4, 0.5) is 0 Å². The Morgan fingerprint density at radius 1 is 0.344 bits per heavy atom. The Labute approximate surface area is 205 Å². The maximum atomic E-state index is 9.25. The van der Waals surface area contributed by atoms with E-state index in [1.807, 2.05) is 0 Å². The number of phosphoric acid groups is 5. The molecule has 0 N–H and O–H groups in total. The first kappa shape index (κ1) is 50.6. The van der Waals surface area contributed by atoms with E-state index in [4.69, 9.17) is 0 Å². The van der Waals surface area contributed by atoms with Gasteiger partial charge >= 0.3 is 0 Å². The van der Waals surface area contributed by atoms with E-state index >= 15 is 0 Å². The van der Waals surface area contributed by atoms with Gasteiger partial charge in [-0.15, -0.1) is 0 Å². The number of hydrogen-bond donors (Lipinski definition) is 0. The van der Waals surface area contributed by atoms with Gasteiger partial charge in [-0.1, -0.05) is 0 Å². The van der Waals surface area contributed by atoms with E-state index in [9.17, 15) is 71.8 Å². The molecule has 0 unspecified atom stereocenters. The van der Waals surface area contributed by atoms with Crippen molar-refractivity contribution in [2.75, 3.05) is 35.5 Å². The zero-order chi connectivity index (χ0) is 26.0. The molecule has 0 spiro atoms.